The minimum atomic E-state index is -0.851. The molecule has 0 spiro atoms. The highest BCUT2D eigenvalue weighted by Crippen LogP contribution is 2.10. The van der Waals surface area contributed by atoms with Crippen molar-refractivity contribution in [1.29, 1.82) is 0 Å². The number of nitrogens with one attached hydrogen (secondary N) is 1. The molecular formula is C12H16N2O3. The number of carbonyl (C=O) groups is 2. The van der Waals surface area contributed by atoms with Gasteiger partial charge in [0.05, 0.1) is 0 Å². The van der Waals surface area contributed by atoms with E-state index in [2.05, 4.69) is 5.32 Å². The van der Waals surface area contributed by atoms with E-state index >= 15 is 0 Å². The van der Waals surface area contributed by atoms with Crippen molar-refractivity contribution < 1.29 is 14.7 Å². The van der Waals surface area contributed by atoms with E-state index in [1.54, 1.807) is 7.05 Å². The number of carboxylic acids is 1. The van der Waals surface area contributed by atoms with Crippen molar-refractivity contribution >= 4 is 17.7 Å². The number of carbonyl (C=O) groups excluding carboxylic acids is 1. The number of urea groups is 1. The molecule has 0 radical (unpaired) electrons. The Hall–Kier alpha value is -2.04. The molecule has 1 aromatic rings. The number of hydrogen-bond acceptors (Lipinski definition) is 2. The van der Waals surface area contributed by atoms with Gasteiger partial charge in [-0.15, -0.1) is 0 Å². The zero-order valence-electron chi connectivity index (χ0n) is 9.72. The summed E-state index contributed by atoms with van der Waals surface area (Å²) < 4.78 is 0. The molecule has 0 aliphatic rings. The standard InChI is InChI=1S/C12H16N2O3/c1-14(10-6-3-2-4-7-10)12(17)13-9-5-8-11(15)16/h2-4,6-7H,5,8-9H2,1H3,(H,13,17)(H,15,16). The van der Waals surface area contributed by atoms with Gasteiger partial charge in [-0.2, -0.15) is 0 Å². The first-order chi connectivity index (χ1) is 8.11. The van der Waals surface area contributed by atoms with Gasteiger partial charge in [-0.25, -0.2) is 4.79 Å². The van der Waals surface area contributed by atoms with Gasteiger partial charge in [-0.05, 0) is 18.6 Å². The van der Waals surface area contributed by atoms with E-state index in [0.29, 0.717) is 13.0 Å². The van der Waals surface area contributed by atoms with Crippen molar-refractivity contribution in [2.45, 2.75) is 12.8 Å². The van der Waals surface area contributed by atoms with E-state index in [1.807, 2.05) is 30.3 Å². The maximum atomic E-state index is 11.7. The minimum Gasteiger partial charge on any atom is -0.481 e. The molecule has 5 heteroatoms. The van der Waals surface area contributed by atoms with Crippen LogP contribution >= 0.6 is 0 Å². The number of rotatable bonds is 5. The van der Waals surface area contributed by atoms with E-state index in [9.17, 15) is 9.59 Å². The summed E-state index contributed by atoms with van der Waals surface area (Å²) in [6.45, 7) is 0.363. The summed E-state index contributed by atoms with van der Waals surface area (Å²) in [6.07, 6.45) is 0.499. The van der Waals surface area contributed by atoms with Crippen LogP contribution in [0, 0.1) is 0 Å². The number of nitrogens with zero attached hydrogens (tertiary/aromatic N) is 1. The van der Waals surface area contributed by atoms with Gasteiger partial charge in [0.1, 0.15) is 0 Å². The van der Waals surface area contributed by atoms with E-state index < -0.39 is 5.97 Å². The lowest BCUT2D eigenvalue weighted by molar-refractivity contribution is -0.137. The molecule has 0 aromatic heterocycles. The van der Waals surface area contributed by atoms with Crippen molar-refractivity contribution in [1.82, 2.24) is 5.32 Å². The van der Waals surface area contributed by atoms with Gasteiger partial charge in [0.25, 0.3) is 0 Å². The molecule has 1 aromatic carbocycles. The van der Waals surface area contributed by atoms with Crippen LogP contribution in [0.4, 0.5) is 10.5 Å². The van der Waals surface area contributed by atoms with Crippen molar-refractivity contribution in [2.24, 2.45) is 0 Å². The molecular weight excluding hydrogens is 220 g/mol. The van der Waals surface area contributed by atoms with Gasteiger partial charge in [0.2, 0.25) is 0 Å². The third-order valence-corrected chi connectivity index (χ3v) is 2.29. The maximum Gasteiger partial charge on any atom is 0.321 e. The molecule has 0 aliphatic carbocycles. The van der Waals surface area contributed by atoms with Crippen LogP contribution in [-0.4, -0.2) is 30.7 Å². The normalized spacial score (nSPS) is 9.71. The summed E-state index contributed by atoms with van der Waals surface area (Å²) in [5, 5.41) is 11.1. The van der Waals surface area contributed by atoms with Gasteiger partial charge < -0.3 is 10.4 Å². The van der Waals surface area contributed by atoms with Crippen LogP contribution in [0.3, 0.4) is 0 Å². The molecule has 92 valence electrons. The summed E-state index contributed by atoms with van der Waals surface area (Å²) in [7, 11) is 1.67. The molecule has 0 atom stereocenters. The average molecular weight is 236 g/mol. The van der Waals surface area contributed by atoms with E-state index in [4.69, 9.17) is 5.11 Å². The minimum absolute atomic E-state index is 0.0648. The quantitative estimate of drug-likeness (QED) is 0.764. The average Bonchev–Trinajstić information content (AvgIpc) is 2.34. The Morgan fingerprint density at radius 3 is 2.53 bits per heavy atom. The SMILES string of the molecule is CN(C(=O)NCCCC(=O)O)c1ccccc1. The number of hydrogen-bond donors (Lipinski definition) is 2. The fraction of sp³-hybridized carbons (Fsp3) is 0.333. The topological polar surface area (TPSA) is 69.6 Å². The summed E-state index contributed by atoms with van der Waals surface area (Å²) >= 11 is 0. The van der Waals surface area contributed by atoms with Crippen molar-refractivity contribution in [2.75, 3.05) is 18.5 Å². The lowest BCUT2D eigenvalue weighted by atomic mass is 10.3. The summed E-state index contributed by atoms with van der Waals surface area (Å²) in [5.41, 5.74) is 0.795. The number of para-hydroxylation sites is 1. The molecule has 0 aliphatic heterocycles. The Kier molecular flexibility index (Phi) is 5.00. The molecule has 1 rings (SSSR count). The molecule has 0 unspecified atom stereocenters. The first kappa shape index (κ1) is 13.0. The monoisotopic (exact) mass is 236 g/mol. The van der Waals surface area contributed by atoms with E-state index in [1.165, 1.54) is 4.90 Å². The van der Waals surface area contributed by atoms with Gasteiger partial charge in [-0.1, -0.05) is 18.2 Å². The van der Waals surface area contributed by atoms with E-state index in [0.717, 1.165) is 5.69 Å². The second-order valence-corrected chi connectivity index (χ2v) is 3.62. The van der Waals surface area contributed by atoms with Crippen LogP contribution in [-0.2, 0) is 4.79 Å². The number of aliphatic carboxylic acids is 1. The Labute approximate surface area is 100 Å². The zero-order valence-corrected chi connectivity index (χ0v) is 9.72. The van der Waals surface area contributed by atoms with Crippen LogP contribution in [0.1, 0.15) is 12.8 Å². The van der Waals surface area contributed by atoms with Gasteiger partial charge in [0.15, 0.2) is 0 Å². The zero-order chi connectivity index (χ0) is 12.7. The van der Waals surface area contributed by atoms with Crippen LogP contribution in [0.25, 0.3) is 0 Å². The predicted molar refractivity (Wildman–Crippen MR) is 65.1 cm³/mol. The van der Waals surface area contributed by atoms with Gasteiger partial charge in [0, 0.05) is 25.7 Å². The second kappa shape index (κ2) is 6.52. The smallest absolute Gasteiger partial charge is 0.321 e. The highest BCUT2D eigenvalue weighted by molar-refractivity contribution is 5.91. The van der Waals surface area contributed by atoms with Crippen molar-refractivity contribution in [3.05, 3.63) is 30.3 Å². The van der Waals surface area contributed by atoms with Gasteiger partial charge in [-0.3, -0.25) is 9.69 Å². The second-order valence-electron chi connectivity index (χ2n) is 3.62. The van der Waals surface area contributed by atoms with Crippen LogP contribution in [0.15, 0.2) is 30.3 Å². The number of carboxylic acid groups (broad SMARTS) is 1. The fourth-order valence-electron chi connectivity index (χ4n) is 1.32. The summed E-state index contributed by atoms with van der Waals surface area (Å²) in [5.74, 6) is -0.851. The summed E-state index contributed by atoms with van der Waals surface area (Å²) in [4.78, 5) is 23.4. The lowest BCUT2D eigenvalue weighted by Crippen LogP contribution is -2.37. The first-order valence-corrected chi connectivity index (χ1v) is 5.39. The Morgan fingerprint density at radius 1 is 1.29 bits per heavy atom. The van der Waals surface area contributed by atoms with Gasteiger partial charge >= 0.3 is 12.0 Å². The molecule has 2 amide bonds. The first-order valence-electron chi connectivity index (χ1n) is 5.39. The third-order valence-electron chi connectivity index (χ3n) is 2.29. The Morgan fingerprint density at radius 2 is 1.94 bits per heavy atom. The molecule has 0 heterocycles. The number of amides is 2. The lowest BCUT2D eigenvalue weighted by Gasteiger charge is -2.17. The van der Waals surface area contributed by atoms with Crippen LogP contribution < -0.4 is 10.2 Å². The van der Waals surface area contributed by atoms with Crippen molar-refractivity contribution in [3.63, 3.8) is 0 Å². The molecule has 17 heavy (non-hydrogen) atoms. The summed E-state index contributed by atoms with van der Waals surface area (Å²) in [6, 6.07) is 9.00. The number of benzene rings is 1. The van der Waals surface area contributed by atoms with Crippen LogP contribution in [0.2, 0.25) is 0 Å². The molecule has 0 saturated carbocycles. The molecule has 0 saturated heterocycles. The highest BCUT2D eigenvalue weighted by atomic mass is 16.4. The Bertz CT molecular complexity index is 379. The van der Waals surface area contributed by atoms with E-state index in [-0.39, 0.29) is 12.5 Å². The highest BCUT2D eigenvalue weighted by Gasteiger charge is 2.09. The number of anilines is 1. The molecule has 5 nitrogen and oxygen atoms in total. The molecule has 0 bridgehead atoms. The van der Waals surface area contributed by atoms with Crippen molar-refractivity contribution in [3.8, 4) is 0 Å². The third kappa shape index (κ3) is 4.55. The molecule has 2 N–H and O–H groups in total. The largest absolute Gasteiger partial charge is 0.481 e. The maximum absolute atomic E-state index is 11.7. The Balaban J connectivity index is 2.35. The molecule has 0 fully saturated rings. The van der Waals surface area contributed by atoms with Crippen LogP contribution in [0.5, 0.6) is 0 Å². The predicted octanol–water partition coefficient (Wildman–Crippen LogP) is 1.70. The fourth-order valence-corrected chi connectivity index (χ4v) is 1.32.